The fourth-order valence-electron chi connectivity index (χ4n) is 2.31. The monoisotopic (exact) mass is 186 g/mol. The normalized spacial score (nSPS) is 30.7. The molecule has 0 aliphatic heterocycles. The molecule has 0 bridgehead atoms. The van der Waals surface area contributed by atoms with Crippen LogP contribution in [-0.4, -0.2) is 19.3 Å². The zero-order valence-corrected chi connectivity index (χ0v) is 8.75. The standard InChI is InChI=1S/C10H22N2O/c1-3-13-7-10(12-11)9-6-4-5-8(9)2/h8-10,12H,3-7,11H2,1-2H3. The van der Waals surface area contributed by atoms with Crippen LogP contribution in [0.5, 0.6) is 0 Å². The summed E-state index contributed by atoms with van der Waals surface area (Å²) in [5, 5.41) is 0. The van der Waals surface area contributed by atoms with E-state index in [1.807, 2.05) is 6.92 Å². The van der Waals surface area contributed by atoms with Gasteiger partial charge in [0.15, 0.2) is 0 Å². The van der Waals surface area contributed by atoms with E-state index in [9.17, 15) is 0 Å². The second-order valence-electron chi connectivity index (χ2n) is 4.00. The van der Waals surface area contributed by atoms with E-state index in [-0.39, 0.29) is 0 Å². The van der Waals surface area contributed by atoms with Gasteiger partial charge in [0.2, 0.25) is 0 Å². The van der Waals surface area contributed by atoms with Crippen molar-refractivity contribution in [2.75, 3.05) is 13.2 Å². The number of hydrazine groups is 1. The summed E-state index contributed by atoms with van der Waals surface area (Å²) in [4.78, 5) is 0. The first kappa shape index (κ1) is 11.0. The molecule has 0 aromatic rings. The Labute approximate surface area is 81.0 Å². The first-order chi connectivity index (χ1) is 6.29. The first-order valence-electron chi connectivity index (χ1n) is 5.33. The molecular formula is C10H22N2O. The number of nitrogens with one attached hydrogen (secondary N) is 1. The van der Waals surface area contributed by atoms with Gasteiger partial charge in [-0.25, -0.2) is 0 Å². The summed E-state index contributed by atoms with van der Waals surface area (Å²) >= 11 is 0. The molecule has 0 aromatic carbocycles. The fourth-order valence-corrected chi connectivity index (χ4v) is 2.31. The van der Waals surface area contributed by atoms with Crippen molar-refractivity contribution in [2.24, 2.45) is 17.7 Å². The average molecular weight is 186 g/mol. The zero-order valence-electron chi connectivity index (χ0n) is 8.75. The molecule has 3 heteroatoms. The van der Waals surface area contributed by atoms with Crippen LogP contribution in [0.4, 0.5) is 0 Å². The SMILES string of the molecule is CCOCC(NN)C1CCCC1C. The number of hydrogen-bond donors (Lipinski definition) is 2. The summed E-state index contributed by atoms with van der Waals surface area (Å²) < 4.78 is 5.40. The van der Waals surface area contributed by atoms with Gasteiger partial charge in [-0.15, -0.1) is 0 Å². The van der Waals surface area contributed by atoms with Crippen LogP contribution in [-0.2, 0) is 4.74 Å². The smallest absolute Gasteiger partial charge is 0.0635 e. The summed E-state index contributed by atoms with van der Waals surface area (Å²) in [6, 6.07) is 0.345. The van der Waals surface area contributed by atoms with Gasteiger partial charge in [0.1, 0.15) is 0 Å². The van der Waals surface area contributed by atoms with E-state index in [2.05, 4.69) is 12.3 Å². The largest absolute Gasteiger partial charge is 0.380 e. The van der Waals surface area contributed by atoms with Crippen molar-refractivity contribution < 1.29 is 4.74 Å². The fraction of sp³-hybridized carbons (Fsp3) is 1.00. The Kier molecular flexibility index (Phi) is 4.70. The molecule has 0 saturated heterocycles. The van der Waals surface area contributed by atoms with Gasteiger partial charge in [-0.2, -0.15) is 0 Å². The molecule has 13 heavy (non-hydrogen) atoms. The Morgan fingerprint density at radius 1 is 1.54 bits per heavy atom. The van der Waals surface area contributed by atoms with Crippen LogP contribution in [0, 0.1) is 11.8 Å². The van der Waals surface area contributed by atoms with Gasteiger partial charge in [0.05, 0.1) is 6.61 Å². The number of nitrogens with two attached hydrogens (primary N) is 1. The highest BCUT2D eigenvalue weighted by Crippen LogP contribution is 2.33. The lowest BCUT2D eigenvalue weighted by molar-refractivity contribution is 0.0954. The molecule has 3 nitrogen and oxygen atoms in total. The molecule has 3 N–H and O–H groups in total. The van der Waals surface area contributed by atoms with Crippen molar-refractivity contribution in [3.63, 3.8) is 0 Å². The topological polar surface area (TPSA) is 47.3 Å². The van der Waals surface area contributed by atoms with Gasteiger partial charge in [-0.05, 0) is 25.2 Å². The van der Waals surface area contributed by atoms with Crippen LogP contribution >= 0.6 is 0 Å². The minimum absolute atomic E-state index is 0.345. The Hall–Kier alpha value is -0.120. The molecule has 0 spiro atoms. The molecule has 3 unspecified atom stereocenters. The van der Waals surface area contributed by atoms with Crippen molar-refractivity contribution in [1.29, 1.82) is 0 Å². The van der Waals surface area contributed by atoms with E-state index >= 15 is 0 Å². The molecule has 1 fully saturated rings. The van der Waals surface area contributed by atoms with E-state index in [0.29, 0.717) is 12.0 Å². The Morgan fingerprint density at radius 3 is 2.77 bits per heavy atom. The summed E-state index contributed by atoms with van der Waals surface area (Å²) in [7, 11) is 0. The van der Waals surface area contributed by atoms with Gasteiger partial charge in [0.25, 0.3) is 0 Å². The molecule has 1 saturated carbocycles. The summed E-state index contributed by atoms with van der Waals surface area (Å²) in [6.07, 6.45) is 3.98. The van der Waals surface area contributed by atoms with Crippen molar-refractivity contribution in [3.8, 4) is 0 Å². The van der Waals surface area contributed by atoms with Gasteiger partial charge in [0, 0.05) is 12.6 Å². The van der Waals surface area contributed by atoms with Crippen LogP contribution in [0.25, 0.3) is 0 Å². The van der Waals surface area contributed by atoms with Crippen molar-refractivity contribution in [1.82, 2.24) is 5.43 Å². The number of rotatable bonds is 5. The van der Waals surface area contributed by atoms with Crippen molar-refractivity contribution in [3.05, 3.63) is 0 Å². The van der Waals surface area contributed by atoms with Crippen LogP contribution in [0.1, 0.15) is 33.1 Å². The van der Waals surface area contributed by atoms with E-state index in [1.165, 1.54) is 19.3 Å². The third-order valence-electron chi connectivity index (χ3n) is 3.16. The molecule has 0 amide bonds. The third-order valence-corrected chi connectivity index (χ3v) is 3.16. The molecular weight excluding hydrogens is 164 g/mol. The highest BCUT2D eigenvalue weighted by molar-refractivity contribution is 4.83. The summed E-state index contributed by atoms with van der Waals surface area (Å²) in [6.45, 7) is 5.86. The maximum Gasteiger partial charge on any atom is 0.0635 e. The Balaban J connectivity index is 2.35. The van der Waals surface area contributed by atoms with Crippen LogP contribution in [0.2, 0.25) is 0 Å². The predicted molar refractivity (Wildman–Crippen MR) is 54.1 cm³/mol. The lowest BCUT2D eigenvalue weighted by atomic mass is 9.91. The molecule has 0 heterocycles. The second-order valence-corrected chi connectivity index (χ2v) is 4.00. The van der Waals surface area contributed by atoms with Gasteiger partial charge in [-0.3, -0.25) is 11.3 Å². The highest BCUT2D eigenvalue weighted by atomic mass is 16.5. The Morgan fingerprint density at radius 2 is 2.31 bits per heavy atom. The van der Waals surface area contributed by atoms with Crippen LogP contribution in [0.3, 0.4) is 0 Å². The predicted octanol–water partition coefficient (Wildman–Crippen LogP) is 1.29. The van der Waals surface area contributed by atoms with Crippen LogP contribution in [0.15, 0.2) is 0 Å². The van der Waals surface area contributed by atoms with E-state index in [1.54, 1.807) is 0 Å². The molecule has 0 radical (unpaired) electrons. The molecule has 1 aliphatic carbocycles. The maximum absolute atomic E-state index is 5.53. The van der Waals surface area contributed by atoms with Gasteiger partial charge in [-0.1, -0.05) is 19.8 Å². The molecule has 0 aromatic heterocycles. The third kappa shape index (κ3) is 2.93. The highest BCUT2D eigenvalue weighted by Gasteiger charge is 2.30. The minimum Gasteiger partial charge on any atom is -0.380 e. The van der Waals surface area contributed by atoms with Crippen LogP contribution < -0.4 is 11.3 Å². The zero-order chi connectivity index (χ0) is 9.68. The number of hydrogen-bond acceptors (Lipinski definition) is 3. The van der Waals surface area contributed by atoms with E-state index in [0.717, 1.165) is 19.1 Å². The van der Waals surface area contributed by atoms with Crippen molar-refractivity contribution in [2.45, 2.75) is 39.2 Å². The molecule has 1 aliphatic rings. The van der Waals surface area contributed by atoms with E-state index < -0.39 is 0 Å². The maximum atomic E-state index is 5.53. The summed E-state index contributed by atoms with van der Waals surface area (Å²) in [5.41, 5.74) is 2.88. The lowest BCUT2D eigenvalue weighted by Crippen LogP contribution is -2.45. The van der Waals surface area contributed by atoms with Gasteiger partial charge < -0.3 is 4.74 Å². The Bertz CT molecular complexity index is 141. The first-order valence-corrected chi connectivity index (χ1v) is 5.33. The molecule has 78 valence electrons. The van der Waals surface area contributed by atoms with E-state index in [4.69, 9.17) is 10.6 Å². The average Bonchev–Trinajstić information content (AvgIpc) is 2.54. The number of ether oxygens (including phenoxy) is 1. The van der Waals surface area contributed by atoms with Gasteiger partial charge >= 0.3 is 0 Å². The lowest BCUT2D eigenvalue weighted by Gasteiger charge is -2.25. The quantitative estimate of drug-likeness (QED) is 0.502. The van der Waals surface area contributed by atoms with Crippen molar-refractivity contribution >= 4 is 0 Å². The summed E-state index contributed by atoms with van der Waals surface area (Å²) in [5.74, 6) is 7.02. The second kappa shape index (κ2) is 5.58. The molecule has 1 rings (SSSR count). The minimum atomic E-state index is 0.345. The molecule has 3 atom stereocenters.